The van der Waals surface area contributed by atoms with Gasteiger partial charge in [0.25, 0.3) is 0 Å². The molecule has 0 atom stereocenters. The first kappa shape index (κ1) is 13.9. The topological polar surface area (TPSA) is 50.2 Å². The Bertz CT molecular complexity index is 384. The molecule has 0 saturated heterocycles. The highest BCUT2D eigenvalue weighted by Crippen LogP contribution is 2.27. The predicted molar refractivity (Wildman–Crippen MR) is 74.8 cm³/mol. The fraction of sp³-hybridized carbons (Fsp3) is 0.714. The Hall–Kier alpha value is -1.52. The molecular formula is C14H24N4O. The van der Waals surface area contributed by atoms with Crippen molar-refractivity contribution in [1.29, 1.82) is 0 Å². The van der Waals surface area contributed by atoms with Crippen LogP contribution in [0.15, 0.2) is 18.5 Å². The van der Waals surface area contributed by atoms with Crippen LogP contribution in [0.25, 0.3) is 0 Å². The van der Waals surface area contributed by atoms with E-state index in [-0.39, 0.29) is 12.1 Å². The van der Waals surface area contributed by atoms with Crippen molar-refractivity contribution in [2.24, 2.45) is 5.92 Å². The van der Waals surface area contributed by atoms with Crippen LogP contribution in [0, 0.1) is 5.92 Å². The van der Waals surface area contributed by atoms with Gasteiger partial charge in [0, 0.05) is 31.5 Å². The van der Waals surface area contributed by atoms with Crippen LogP contribution in [0.4, 0.5) is 4.79 Å². The van der Waals surface area contributed by atoms with Crippen molar-refractivity contribution in [3.8, 4) is 0 Å². The molecule has 1 heterocycles. The van der Waals surface area contributed by atoms with Crippen molar-refractivity contribution in [3.05, 3.63) is 18.5 Å². The summed E-state index contributed by atoms with van der Waals surface area (Å²) in [6, 6.07) is 2.19. The number of rotatable bonds is 6. The highest BCUT2D eigenvalue weighted by Gasteiger charge is 2.25. The van der Waals surface area contributed by atoms with E-state index in [1.54, 1.807) is 6.20 Å². The molecule has 0 unspecified atom stereocenters. The van der Waals surface area contributed by atoms with E-state index in [0.29, 0.717) is 19.0 Å². The first-order valence-electron chi connectivity index (χ1n) is 7.18. The second-order valence-electron chi connectivity index (χ2n) is 5.54. The number of hydrogen-bond donors (Lipinski definition) is 1. The molecule has 19 heavy (non-hydrogen) atoms. The molecule has 1 saturated carbocycles. The van der Waals surface area contributed by atoms with Crippen molar-refractivity contribution >= 4 is 6.03 Å². The highest BCUT2D eigenvalue weighted by molar-refractivity contribution is 5.74. The van der Waals surface area contributed by atoms with Crippen molar-refractivity contribution in [1.82, 2.24) is 20.0 Å². The maximum Gasteiger partial charge on any atom is 0.317 e. The maximum atomic E-state index is 12.2. The van der Waals surface area contributed by atoms with Gasteiger partial charge in [-0.1, -0.05) is 6.42 Å². The Morgan fingerprint density at radius 2 is 2.32 bits per heavy atom. The Morgan fingerprint density at radius 3 is 2.84 bits per heavy atom. The molecule has 1 aromatic rings. The number of hydrogen-bond acceptors (Lipinski definition) is 2. The molecular weight excluding hydrogens is 240 g/mol. The molecule has 1 aliphatic rings. The van der Waals surface area contributed by atoms with Gasteiger partial charge >= 0.3 is 6.03 Å². The molecule has 2 rings (SSSR count). The first-order valence-corrected chi connectivity index (χ1v) is 7.18. The molecule has 0 radical (unpaired) electrons. The van der Waals surface area contributed by atoms with Crippen molar-refractivity contribution in [2.45, 2.75) is 45.7 Å². The lowest BCUT2D eigenvalue weighted by atomic mass is 9.85. The van der Waals surface area contributed by atoms with Gasteiger partial charge in [0.1, 0.15) is 0 Å². The third kappa shape index (κ3) is 3.98. The number of amides is 2. The fourth-order valence-corrected chi connectivity index (χ4v) is 2.29. The highest BCUT2D eigenvalue weighted by atomic mass is 16.2. The normalized spacial score (nSPS) is 15.3. The van der Waals surface area contributed by atoms with Gasteiger partial charge in [-0.15, -0.1) is 0 Å². The summed E-state index contributed by atoms with van der Waals surface area (Å²) in [6.45, 7) is 6.38. The maximum absolute atomic E-state index is 12.2. The summed E-state index contributed by atoms with van der Waals surface area (Å²) in [5, 5.41) is 7.10. The molecule has 1 fully saturated rings. The smallest absolute Gasteiger partial charge is 0.317 e. The van der Waals surface area contributed by atoms with Crippen LogP contribution in [-0.2, 0) is 6.54 Å². The van der Waals surface area contributed by atoms with Gasteiger partial charge in [0.05, 0.1) is 6.54 Å². The number of nitrogens with zero attached hydrogens (tertiary/aromatic N) is 3. The van der Waals surface area contributed by atoms with Crippen LogP contribution in [0.5, 0.6) is 0 Å². The van der Waals surface area contributed by atoms with Crippen molar-refractivity contribution < 1.29 is 4.79 Å². The summed E-state index contributed by atoms with van der Waals surface area (Å²) in [6.07, 6.45) is 7.50. The lowest BCUT2D eigenvalue weighted by molar-refractivity contribution is 0.150. The average Bonchev–Trinajstić information content (AvgIpc) is 2.79. The Balaban J connectivity index is 1.74. The molecule has 106 valence electrons. The first-order chi connectivity index (χ1) is 9.16. The Labute approximate surface area is 115 Å². The van der Waals surface area contributed by atoms with Crippen LogP contribution in [0.3, 0.4) is 0 Å². The van der Waals surface area contributed by atoms with E-state index in [0.717, 1.165) is 6.54 Å². The molecule has 0 aliphatic heterocycles. The molecule has 5 nitrogen and oxygen atoms in total. The summed E-state index contributed by atoms with van der Waals surface area (Å²) < 4.78 is 1.83. The number of urea groups is 1. The average molecular weight is 264 g/mol. The summed E-state index contributed by atoms with van der Waals surface area (Å²) in [5.74, 6) is 0.708. The van der Waals surface area contributed by atoms with E-state index in [2.05, 4.69) is 24.3 Å². The van der Waals surface area contributed by atoms with Crippen LogP contribution < -0.4 is 5.32 Å². The third-order valence-electron chi connectivity index (χ3n) is 3.74. The van der Waals surface area contributed by atoms with E-state index >= 15 is 0 Å². The zero-order valence-electron chi connectivity index (χ0n) is 11.9. The minimum atomic E-state index is 0.0501. The lowest BCUT2D eigenvalue weighted by Gasteiger charge is -2.34. The van der Waals surface area contributed by atoms with Crippen LogP contribution >= 0.6 is 0 Å². The number of carbonyl (C=O) groups is 1. The second-order valence-corrected chi connectivity index (χ2v) is 5.54. The molecule has 1 aliphatic carbocycles. The molecule has 1 aromatic heterocycles. The number of carbonyl (C=O) groups excluding carboxylic acids is 1. The van der Waals surface area contributed by atoms with E-state index < -0.39 is 0 Å². The zero-order valence-corrected chi connectivity index (χ0v) is 11.9. The van der Waals surface area contributed by atoms with E-state index in [9.17, 15) is 4.79 Å². The monoisotopic (exact) mass is 264 g/mol. The summed E-state index contributed by atoms with van der Waals surface area (Å²) in [7, 11) is 0. The molecule has 5 heteroatoms. The van der Waals surface area contributed by atoms with Crippen LogP contribution in [-0.4, -0.2) is 39.8 Å². The zero-order chi connectivity index (χ0) is 13.7. The molecule has 2 amide bonds. The minimum absolute atomic E-state index is 0.0501. The van der Waals surface area contributed by atoms with Crippen LogP contribution in [0.1, 0.15) is 33.1 Å². The predicted octanol–water partition coefficient (Wildman–Crippen LogP) is 2.10. The van der Waals surface area contributed by atoms with Gasteiger partial charge < -0.3 is 10.2 Å². The van der Waals surface area contributed by atoms with Crippen molar-refractivity contribution in [2.75, 3.05) is 13.1 Å². The summed E-state index contributed by atoms with van der Waals surface area (Å²) in [4.78, 5) is 14.1. The standard InChI is InChI=1S/C14H24N4O/c1-12(2)18(11-13-5-3-6-13)14(19)15-8-10-17-9-4-7-16-17/h4,7,9,12-13H,3,5-6,8,10-11H2,1-2H3,(H,15,19). The molecule has 1 N–H and O–H groups in total. The quantitative estimate of drug-likeness (QED) is 0.855. The Kier molecular flexibility index (Phi) is 4.82. The lowest BCUT2D eigenvalue weighted by Crippen LogP contribution is -2.47. The molecule has 0 spiro atoms. The minimum Gasteiger partial charge on any atom is -0.336 e. The second kappa shape index (κ2) is 6.59. The van der Waals surface area contributed by atoms with E-state index in [4.69, 9.17) is 0 Å². The number of nitrogens with one attached hydrogen (secondary N) is 1. The summed E-state index contributed by atoms with van der Waals surface area (Å²) >= 11 is 0. The van der Waals surface area contributed by atoms with Crippen molar-refractivity contribution in [3.63, 3.8) is 0 Å². The fourth-order valence-electron chi connectivity index (χ4n) is 2.29. The summed E-state index contributed by atoms with van der Waals surface area (Å²) in [5.41, 5.74) is 0. The van der Waals surface area contributed by atoms with E-state index in [1.165, 1.54) is 19.3 Å². The van der Waals surface area contributed by atoms with Crippen LogP contribution in [0.2, 0.25) is 0 Å². The largest absolute Gasteiger partial charge is 0.336 e. The molecule has 0 aromatic carbocycles. The SMILES string of the molecule is CC(C)N(CC1CCC1)C(=O)NCCn1cccn1. The van der Waals surface area contributed by atoms with E-state index in [1.807, 2.05) is 21.8 Å². The van der Waals surface area contributed by atoms with Gasteiger partial charge in [-0.2, -0.15) is 5.10 Å². The van der Waals surface area contributed by atoms with Gasteiger partial charge in [0.15, 0.2) is 0 Å². The van der Waals surface area contributed by atoms with Gasteiger partial charge in [-0.3, -0.25) is 4.68 Å². The number of aromatic nitrogens is 2. The van der Waals surface area contributed by atoms with Gasteiger partial charge in [-0.25, -0.2) is 4.79 Å². The molecule has 0 bridgehead atoms. The Morgan fingerprint density at radius 1 is 1.53 bits per heavy atom. The van der Waals surface area contributed by atoms with Gasteiger partial charge in [-0.05, 0) is 38.7 Å². The van der Waals surface area contributed by atoms with Gasteiger partial charge in [0.2, 0.25) is 0 Å². The third-order valence-corrected chi connectivity index (χ3v) is 3.74.